The number of nitrogens with zero attached hydrogens (tertiary/aromatic N) is 1. The molecule has 0 saturated carbocycles. The Hall–Kier alpha value is -1.46. The number of methoxy groups -OCH3 is 2. The molecule has 0 radical (unpaired) electrons. The zero-order valence-electron chi connectivity index (χ0n) is 10.7. The van der Waals surface area contributed by atoms with E-state index in [1.54, 1.807) is 32.4 Å². The predicted molar refractivity (Wildman–Crippen MR) is 75.5 cm³/mol. The number of alkyl halides is 1. The predicted octanol–water partition coefficient (Wildman–Crippen LogP) is 3.48. The Kier molecular flexibility index (Phi) is 4.87. The minimum Gasteiger partial charge on any atom is -0.496 e. The molecule has 0 bridgehead atoms. The maximum Gasteiger partial charge on any atom is 0.140 e. The second-order valence-electron chi connectivity index (χ2n) is 3.70. The summed E-state index contributed by atoms with van der Waals surface area (Å²) in [5.41, 5.74) is 0.869. The van der Waals surface area contributed by atoms with Gasteiger partial charge in [0.05, 0.1) is 25.8 Å². The van der Waals surface area contributed by atoms with E-state index >= 15 is 0 Å². The average molecular weight is 300 g/mol. The Bertz CT molecular complexity index is 522. The van der Waals surface area contributed by atoms with Crippen molar-refractivity contribution in [1.29, 1.82) is 0 Å². The molecule has 0 amide bonds. The summed E-state index contributed by atoms with van der Waals surface area (Å²) in [5, 5.41) is 2.81. The van der Waals surface area contributed by atoms with Crippen LogP contribution < -0.4 is 14.2 Å². The summed E-state index contributed by atoms with van der Waals surface area (Å²) in [4.78, 5) is 4.33. The van der Waals surface area contributed by atoms with Crippen LogP contribution in [0.15, 0.2) is 23.6 Å². The van der Waals surface area contributed by atoms with E-state index in [0.29, 0.717) is 29.7 Å². The van der Waals surface area contributed by atoms with Gasteiger partial charge in [0.1, 0.15) is 28.9 Å². The van der Waals surface area contributed by atoms with Crippen molar-refractivity contribution >= 4 is 22.9 Å². The van der Waals surface area contributed by atoms with Crippen LogP contribution in [-0.4, -0.2) is 19.2 Å². The molecule has 0 unspecified atom stereocenters. The molecule has 2 aromatic rings. The number of hydrogen-bond donors (Lipinski definition) is 0. The normalized spacial score (nSPS) is 10.3. The Balaban J connectivity index is 2.05. The fourth-order valence-electron chi connectivity index (χ4n) is 1.49. The Morgan fingerprint density at radius 2 is 1.74 bits per heavy atom. The van der Waals surface area contributed by atoms with Crippen molar-refractivity contribution in [2.75, 3.05) is 14.2 Å². The molecule has 19 heavy (non-hydrogen) atoms. The standard InChI is InChI=1S/C13H14ClNO3S/c1-16-10-3-11(17-2)5-12(4-10)18-7-13-15-9(6-14)8-19-13/h3-5,8H,6-7H2,1-2H3. The summed E-state index contributed by atoms with van der Waals surface area (Å²) >= 11 is 7.24. The van der Waals surface area contributed by atoms with Crippen molar-refractivity contribution in [3.63, 3.8) is 0 Å². The lowest BCUT2D eigenvalue weighted by Crippen LogP contribution is -1.96. The second kappa shape index (κ2) is 6.63. The third kappa shape index (κ3) is 3.75. The number of benzene rings is 1. The highest BCUT2D eigenvalue weighted by Crippen LogP contribution is 2.28. The highest BCUT2D eigenvalue weighted by Gasteiger charge is 2.05. The summed E-state index contributed by atoms with van der Waals surface area (Å²) < 4.78 is 16.0. The monoisotopic (exact) mass is 299 g/mol. The lowest BCUT2D eigenvalue weighted by atomic mass is 10.3. The molecule has 0 N–H and O–H groups in total. The minimum absolute atomic E-state index is 0.401. The number of halogens is 1. The molecule has 0 saturated heterocycles. The smallest absolute Gasteiger partial charge is 0.140 e. The number of ether oxygens (including phenoxy) is 3. The summed E-state index contributed by atoms with van der Waals surface area (Å²) in [7, 11) is 3.21. The Morgan fingerprint density at radius 3 is 2.26 bits per heavy atom. The van der Waals surface area contributed by atoms with Gasteiger partial charge in [0.25, 0.3) is 0 Å². The number of aromatic nitrogens is 1. The molecule has 1 heterocycles. The van der Waals surface area contributed by atoms with Crippen molar-refractivity contribution in [3.8, 4) is 17.2 Å². The largest absolute Gasteiger partial charge is 0.496 e. The van der Waals surface area contributed by atoms with Crippen molar-refractivity contribution < 1.29 is 14.2 Å². The van der Waals surface area contributed by atoms with Crippen LogP contribution in [-0.2, 0) is 12.5 Å². The van der Waals surface area contributed by atoms with Crippen molar-refractivity contribution in [3.05, 3.63) is 34.3 Å². The van der Waals surface area contributed by atoms with Gasteiger partial charge < -0.3 is 14.2 Å². The van der Waals surface area contributed by atoms with Gasteiger partial charge in [0, 0.05) is 23.6 Å². The Morgan fingerprint density at radius 1 is 1.11 bits per heavy atom. The highest BCUT2D eigenvalue weighted by molar-refractivity contribution is 7.09. The van der Waals surface area contributed by atoms with E-state index in [9.17, 15) is 0 Å². The van der Waals surface area contributed by atoms with Crippen molar-refractivity contribution in [2.45, 2.75) is 12.5 Å². The molecule has 0 aliphatic carbocycles. The molecular weight excluding hydrogens is 286 g/mol. The van der Waals surface area contributed by atoms with Gasteiger partial charge in [-0.3, -0.25) is 0 Å². The first kappa shape index (κ1) is 14.0. The van der Waals surface area contributed by atoms with Gasteiger partial charge in [0.15, 0.2) is 0 Å². The van der Waals surface area contributed by atoms with E-state index in [1.165, 1.54) is 11.3 Å². The maximum absolute atomic E-state index is 5.71. The van der Waals surface area contributed by atoms with E-state index in [0.717, 1.165) is 10.7 Å². The molecule has 4 nitrogen and oxygen atoms in total. The molecule has 0 aliphatic heterocycles. The third-order valence-electron chi connectivity index (χ3n) is 2.42. The SMILES string of the molecule is COc1cc(OC)cc(OCc2nc(CCl)cs2)c1. The molecule has 102 valence electrons. The van der Waals surface area contributed by atoms with Crippen LogP contribution in [0.25, 0.3) is 0 Å². The summed E-state index contributed by atoms with van der Waals surface area (Å²) in [6.07, 6.45) is 0. The Labute approximate surface area is 120 Å². The number of hydrogen-bond acceptors (Lipinski definition) is 5. The molecule has 0 fully saturated rings. The third-order valence-corrected chi connectivity index (χ3v) is 3.57. The quantitative estimate of drug-likeness (QED) is 0.766. The topological polar surface area (TPSA) is 40.6 Å². The van der Waals surface area contributed by atoms with Gasteiger partial charge in [-0.05, 0) is 0 Å². The van der Waals surface area contributed by atoms with Crippen molar-refractivity contribution in [2.24, 2.45) is 0 Å². The molecule has 2 rings (SSSR count). The molecule has 0 atom stereocenters. The van der Waals surface area contributed by atoms with Gasteiger partial charge in [-0.1, -0.05) is 0 Å². The van der Waals surface area contributed by atoms with Crippen LogP contribution in [0.2, 0.25) is 0 Å². The van der Waals surface area contributed by atoms with Gasteiger partial charge in [-0.15, -0.1) is 22.9 Å². The minimum atomic E-state index is 0.401. The molecule has 0 spiro atoms. The molecule has 0 aliphatic rings. The zero-order chi connectivity index (χ0) is 13.7. The molecule has 1 aromatic heterocycles. The van der Waals surface area contributed by atoms with Gasteiger partial charge in [0.2, 0.25) is 0 Å². The highest BCUT2D eigenvalue weighted by atomic mass is 35.5. The van der Waals surface area contributed by atoms with Crippen LogP contribution in [0.1, 0.15) is 10.7 Å². The number of thiazole rings is 1. The van der Waals surface area contributed by atoms with Crippen LogP contribution in [0.5, 0.6) is 17.2 Å². The van der Waals surface area contributed by atoms with E-state index in [4.69, 9.17) is 25.8 Å². The first-order valence-electron chi connectivity index (χ1n) is 5.60. The van der Waals surface area contributed by atoms with E-state index in [1.807, 2.05) is 5.38 Å². The van der Waals surface area contributed by atoms with E-state index in [-0.39, 0.29) is 0 Å². The summed E-state index contributed by atoms with van der Waals surface area (Å²) in [6.45, 7) is 0.401. The van der Waals surface area contributed by atoms with Gasteiger partial charge in [-0.2, -0.15) is 0 Å². The first-order chi connectivity index (χ1) is 9.25. The second-order valence-corrected chi connectivity index (χ2v) is 4.91. The van der Waals surface area contributed by atoms with E-state index in [2.05, 4.69) is 4.98 Å². The number of rotatable bonds is 6. The molecule has 1 aromatic carbocycles. The van der Waals surface area contributed by atoms with Crippen LogP contribution in [0.4, 0.5) is 0 Å². The fourth-order valence-corrected chi connectivity index (χ4v) is 2.42. The summed E-state index contributed by atoms with van der Waals surface area (Å²) in [6, 6.07) is 5.40. The average Bonchev–Trinajstić information content (AvgIpc) is 2.92. The van der Waals surface area contributed by atoms with E-state index < -0.39 is 0 Å². The lowest BCUT2D eigenvalue weighted by molar-refractivity contribution is 0.299. The maximum atomic E-state index is 5.71. The zero-order valence-corrected chi connectivity index (χ0v) is 12.3. The van der Waals surface area contributed by atoms with Gasteiger partial charge >= 0.3 is 0 Å². The molecular formula is C13H14ClNO3S. The van der Waals surface area contributed by atoms with Crippen LogP contribution in [0.3, 0.4) is 0 Å². The fraction of sp³-hybridized carbons (Fsp3) is 0.308. The van der Waals surface area contributed by atoms with Crippen LogP contribution in [0, 0.1) is 0 Å². The van der Waals surface area contributed by atoms with Crippen LogP contribution >= 0.6 is 22.9 Å². The first-order valence-corrected chi connectivity index (χ1v) is 7.01. The van der Waals surface area contributed by atoms with Gasteiger partial charge in [-0.25, -0.2) is 4.98 Å². The van der Waals surface area contributed by atoms with Crippen molar-refractivity contribution in [1.82, 2.24) is 4.98 Å². The lowest BCUT2D eigenvalue weighted by Gasteiger charge is -2.09. The summed E-state index contributed by atoms with van der Waals surface area (Å²) in [5.74, 6) is 2.48. The molecule has 6 heteroatoms.